The number of methoxy groups -OCH3 is 1. The molecule has 0 radical (unpaired) electrons. The number of anilines is 1. The summed E-state index contributed by atoms with van der Waals surface area (Å²) in [5, 5.41) is 3.00. The molecule has 1 saturated heterocycles. The number of para-hydroxylation sites is 2. The van der Waals surface area contributed by atoms with Crippen LogP contribution < -0.4 is 10.1 Å². The molecule has 0 unspecified atom stereocenters. The zero-order chi connectivity index (χ0) is 20.8. The molecule has 0 saturated carbocycles. The van der Waals surface area contributed by atoms with E-state index in [-0.39, 0.29) is 11.9 Å². The molecule has 0 aromatic heterocycles. The van der Waals surface area contributed by atoms with Gasteiger partial charge in [-0.25, -0.2) is 0 Å². The number of rotatable bonds is 7. The van der Waals surface area contributed by atoms with Crippen LogP contribution in [0.25, 0.3) is 0 Å². The smallest absolute Gasteiger partial charge is 0.241 e. The van der Waals surface area contributed by atoms with Crippen LogP contribution in [0.15, 0.2) is 48.5 Å². The van der Waals surface area contributed by atoms with Crippen molar-refractivity contribution in [2.75, 3.05) is 38.6 Å². The van der Waals surface area contributed by atoms with Gasteiger partial charge in [0, 0.05) is 32.7 Å². The van der Waals surface area contributed by atoms with Gasteiger partial charge >= 0.3 is 0 Å². The third kappa shape index (κ3) is 5.58. The minimum Gasteiger partial charge on any atom is -0.495 e. The van der Waals surface area contributed by atoms with E-state index in [2.05, 4.69) is 53.2 Å². The zero-order valence-corrected chi connectivity index (χ0v) is 18.0. The van der Waals surface area contributed by atoms with Gasteiger partial charge in [0.1, 0.15) is 5.75 Å². The first kappa shape index (κ1) is 21.3. The van der Waals surface area contributed by atoms with Crippen molar-refractivity contribution < 1.29 is 9.53 Å². The standard InChI is InChI=1S/C24H33N3O2/c1-18(2)21-11-9-20(10-12-21)17-26-13-15-27(16-14-26)19(3)24(28)25-22-7-5-6-8-23(22)29-4/h5-12,18-19H,13-17H2,1-4H3,(H,25,28)/t19-/m0/s1. The van der Waals surface area contributed by atoms with Crippen LogP contribution >= 0.6 is 0 Å². The second kappa shape index (κ2) is 9.90. The molecule has 1 atom stereocenters. The van der Waals surface area contributed by atoms with Crippen LogP contribution in [0.5, 0.6) is 5.75 Å². The Balaban J connectivity index is 1.49. The number of hydrogen-bond acceptors (Lipinski definition) is 4. The van der Waals surface area contributed by atoms with E-state index in [4.69, 9.17) is 4.74 Å². The van der Waals surface area contributed by atoms with E-state index in [1.165, 1.54) is 11.1 Å². The number of carbonyl (C=O) groups is 1. The van der Waals surface area contributed by atoms with Crippen molar-refractivity contribution in [2.45, 2.75) is 39.3 Å². The lowest BCUT2D eigenvalue weighted by Gasteiger charge is -2.37. The van der Waals surface area contributed by atoms with Crippen LogP contribution in [0.1, 0.15) is 37.8 Å². The Morgan fingerprint density at radius 3 is 2.28 bits per heavy atom. The fraction of sp³-hybridized carbons (Fsp3) is 0.458. The van der Waals surface area contributed by atoms with Crippen LogP contribution in [-0.2, 0) is 11.3 Å². The van der Waals surface area contributed by atoms with Crippen molar-refractivity contribution in [3.63, 3.8) is 0 Å². The van der Waals surface area contributed by atoms with Crippen LogP contribution in [0, 0.1) is 0 Å². The minimum absolute atomic E-state index is 0.00669. The summed E-state index contributed by atoms with van der Waals surface area (Å²) in [4.78, 5) is 17.4. The third-order valence-electron chi connectivity index (χ3n) is 5.75. The Bertz CT molecular complexity index is 796. The van der Waals surface area contributed by atoms with Gasteiger partial charge in [0.15, 0.2) is 0 Å². The highest BCUT2D eigenvalue weighted by Gasteiger charge is 2.26. The van der Waals surface area contributed by atoms with Crippen LogP contribution in [0.2, 0.25) is 0 Å². The van der Waals surface area contributed by atoms with E-state index in [1.807, 2.05) is 31.2 Å². The Hall–Kier alpha value is -2.37. The highest BCUT2D eigenvalue weighted by atomic mass is 16.5. The lowest BCUT2D eigenvalue weighted by molar-refractivity contribution is -0.121. The maximum Gasteiger partial charge on any atom is 0.241 e. The van der Waals surface area contributed by atoms with Gasteiger partial charge in [-0.05, 0) is 36.1 Å². The molecule has 2 aromatic carbocycles. The van der Waals surface area contributed by atoms with Crippen LogP contribution in [0.3, 0.4) is 0 Å². The SMILES string of the molecule is COc1ccccc1NC(=O)[C@H](C)N1CCN(Cc2ccc(C(C)C)cc2)CC1. The average Bonchev–Trinajstić information content (AvgIpc) is 2.74. The number of amides is 1. The third-order valence-corrected chi connectivity index (χ3v) is 5.75. The highest BCUT2D eigenvalue weighted by Crippen LogP contribution is 2.23. The summed E-state index contributed by atoms with van der Waals surface area (Å²) >= 11 is 0. The largest absolute Gasteiger partial charge is 0.495 e. The van der Waals surface area contributed by atoms with Crippen LogP contribution in [0.4, 0.5) is 5.69 Å². The summed E-state index contributed by atoms with van der Waals surface area (Å²) in [5.74, 6) is 1.25. The second-order valence-corrected chi connectivity index (χ2v) is 8.07. The molecule has 5 nitrogen and oxygen atoms in total. The average molecular weight is 396 g/mol. The molecule has 2 aromatic rings. The molecule has 1 aliphatic rings. The number of nitrogens with one attached hydrogen (secondary N) is 1. The number of piperazine rings is 1. The van der Waals surface area contributed by atoms with Gasteiger partial charge in [0.05, 0.1) is 18.8 Å². The van der Waals surface area contributed by atoms with Crippen molar-refractivity contribution in [2.24, 2.45) is 0 Å². The highest BCUT2D eigenvalue weighted by molar-refractivity contribution is 5.95. The Kier molecular flexibility index (Phi) is 7.29. The monoisotopic (exact) mass is 395 g/mol. The first-order valence-electron chi connectivity index (χ1n) is 10.5. The lowest BCUT2D eigenvalue weighted by Crippen LogP contribution is -2.52. The Morgan fingerprint density at radius 2 is 1.66 bits per heavy atom. The van der Waals surface area contributed by atoms with Crippen molar-refractivity contribution in [3.8, 4) is 5.75 Å². The van der Waals surface area contributed by atoms with E-state index in [0.717, 1.165) is 38.4 Å². The second-order valence-electron chi connectivity index (χ2n) is 8.07. The molecule has 0 spiro atoms. The zero-order valence-electron chi connectivity index (χ0n) is 18.0. The molecule has 1 amide bonds. The van der Waals surface area contributed by atoms with Gasteiger partial charge in [0.2, 0.25) is 5.91 Å². The van der Waals surface area contributed by atoms with Gasteiger partial charge in [0.25, 0.3) is 0 Å². The van der Waals surface area contributed by atoms with Gasteiger partial charge in [-0.2, -0.15) is 0 Å². The number of carbonyl (C=O) groups excluding carboxylic acids is 1. The van der Waals surface area contributed by atoms with Gasteiger partial charge in [-0.1, -0.05) is 50.2 Å². The number of hydrogen-bond donors (Lipinski definition) is 1. The predicted molar refractivity (Wildman–Crippen MR) is 118 cm³/mol. The van der Waals surface area contributed by atoms with E-state index in [1.54, 1.807) is 7.11 Å². The molecule has 1 heterocycles. The topological polar surface area (TPSA) is 44.8 Å². The normalized spacial score (nSPS) is 16.6. The van der Waals surface area contributed by atoms with E-state index < -0.39 is 0 Å². The van der Waals surface area contributed by atoms with Crippen molar-refractivity contribution in [3.05, 3.63) is 59.7 Å². The maximum atomic E-state index is 12.7. The summed E-state index contributed by atoms with van der Waals surface area (Å²) in [6.07, 6.45) is 0. The first-order valence-corrected chi connectivity index (χ1v) is 10.5. The lowest BCUT2D eigenvalue weighted by atomic mass is 10.0. The summed E-state index contributed by atoms with van der Waals surface area (Å²) in [7, 11) is 1.62. The van der Waals surface area contributed by atoms with Gasteiger partial charge in [-0.3, -0.25) is 14.6 Å². The number of benzene rings is 2. The first-order chi connectivity index (χ1) is 14.0. The predicted octanol–water partition coefficient (Wildman–Crippen LogP) is 3.96. The molecular formula is C24H33N3O2. The molecule has 3 rings (SSSR count). The Morgan fingerprint density at radius 1 is 1.00 bits per heavy atom. The molecule has 156 valence electrons. The van der Waals surface area contributed by atoms with E-state index in [0.29, 0.717) is 11.7 Å². The molecule has 0 aliphatic carbocycles. The van der Waals surface area contributed by atoms with Gasteiger partial charge < -0.3 is 10.1 Å². The molecule has 1 aliphatic heterocycles. The van der Waals surface area contributed by atoms with Gasteiger partial charge in [-0.15, -0.1) is 0 Å². The summed E-state index contributed by atoms with van der Waals surface area (Å²) in [6, 6.07) is 16.3. The number of ether oxygens (including phenoxy) is 1. The molecule has 5 heteroatoms. The quantitative estimate of drug-likeness (QED) is 0.771. The van der Waals surface area contributed by atoms with Crippen LogP contribution in [-0.4, -0.2) is 55.0 Å². The fourth-order valence-corrected chi connectivity index (χ4v) is 3.73. The molecule has 1 N–H and O–H groups in total. The Labute approximate surface area is 174 Å². The summed E-state index contributed by atoms with van der Waals surface area (Å²) in [6.45, 7) is 11.1. The molecular weight excluding hydrogens is 362 g/mol. The summed E-state index contributed by atoms with van der Waals surface area (Å²) < 4.78 is 5.33. The fourth-order valence-electron chi connectivity index (χ4n) is 3.73. The number of nitrogens with zero attached hydrogens (tertiary/aromatic N) is 2. The molecule has 29 heavy (non-hydrogen) atoms. The van der Waals surface area contributed by atoms with E-state index >= 15 is 0 Å². The van der Waals surface area contributed by atoms with E-state index in [9.17, 15) is 4.79 Å². The minimum atomic E-state index is -0.174. The molecule has 0 bridgehead atoms. The molecule has 1 fully saturated rings. The van der Waals surface area contributed by atoms with Crippen molar-refractivity contribution in [1.82, 2.24) is 9.80 Å². The van der Waals surface area contributed by atoms with Crippen molar-refractivity contribution in [1.29, 1.82) is 0 Å². The summed E-state index contributed by atoms with van der Waals surface area (Å²) in [5.41, 5.74) is 3.45. The van der Waals surface area contributed by atoms with Crippen molar-refractivity contribution >= 4 is 11.6 Å². The maximum absolute atomic E-state index is 12.7.